The second-order valence-electron chi connectivity index (χ2n) is 8.35. The zero-order valence-corrected chi connectivity index (χ0v) is 18.2. The Labute approximate surface area is 188 Å². The van der Waals surface area contributed by atoms with Crippen molar-refractivity contribution < 1.29 is 19.0 Å². The van der Waals surface area contributed by atoms with Gasteiger partial charge in [-0.3, -0.25) is 4.79 Å². The molecule has 168 valence electrons. The maximum atomic E-state index is 13.2. The fourth-order valence-electron chi connectivity index (χ4n) is 4.49. The third-order valence-electron chi connectivity index (χ3n) is 6.40. The number of benzene rings is 2. The first-order valence-electron chi connectivity index (χ1n) is 11.0. The van der Waals surface area contributed by atoms with E-state index in [1.165, 1.54) is 12.1 Å². The van der Waals surface area contributed by atoms with Crippen molar-refractivity contribution in [3.63, 3.8) is 0 Å². The fraction of sp³-hybridized carbons (Fsp3) is 0.346. The van der Waals surface area contributed by atoms with Crippen molar-refractivity contribution in [1.82, 2.24) is 0 Å². The minimum atomic E-state index is -0.740. The average Bonchev–Trinajstić information content (AvgIpc) is 2.83. The molecule has 3 N–H and O–H groups in total. The first kappa shape index (κ1) is 22.4. The van der Waals surface area contributed by atoms with Crippen molar-refractivity contribution in [3.8, 4) is 0 Å². The highest BCUT2D eigenvalue weighted by molar-refractivity contribution is 6.04. The summed E-state index contributed by atoms with van der Waals surface area (Å²) in [7, 11) is 1.69. The maximum absolute atomic E-state index is 13.2. The van der Waals surface area contributed by atoms with Crippen molar-refractivity contribution in [2.75, 3.05) is 12.0 Å². The molecule has 4 atom stereocenters. The number of hydrogen-bond acceptors (Lipinski definition) is 4. The summed E-state index contributed by atoms with van der Waals surface area (Å²) in [5, 5.41) is 10.6. The number of ether oxygens (including phenoxy) is 1. The van der Waals surface area contributed by atoms with Crippen LogP contribution in [0.4, 0.5) is 10.1 Å². The standard InChI is InChI=1S/C26H29FN2O3/c1-32-22-12-6-19(7-13-22)25-23(14-15-24(30)18-4-8-20(27)9-5-18)26(31)29(25)21-10-2-17(16-28)3-11-21/h2-12,22-25,30H,13-16,28H2,1H3/t22?,23-,24?,25?/m1/s1. The van der Waals surface area contributed by atoms with Gasteiger partial charge in [0.25, 0.3) is 0 Å². The van der Waals surface area contributed by atoms with E-state index in [1.807, 2.05) is 41.3 Å². The highest BCUT2D eigenvalue weighted by Gasteiger charge is 2.49. The molecule has 0 bridgehead atoms. The Kier molecular flexibility index (Phi) is 6.84. The molecule has 0 spiro atoms. The van der Waals surface area contributed by atoms with Gasteiger partial charge in [-0.1, -0.05) is 42.5 Å². The average molecular weight is 437 g/mol. The molecular weight excluding hydrogens is 407 g/mol. The van der Waals surface area contributed by atoms with Gasteiger partial charge in [-0.05, 0) is 60.2 Å². The third kappa shape index (κ3) is 4.53. The van der Waals surface area contributed by atoms with Gasteiger partial charge in [-0.25, -0.2) is 4.39 Å². The van der Waals surface area contributed by atoms with E-state index in [2.05, 4.69) is 6.08 Å². The summed E-state index contributed by atoms with van der Waals surface area (Å²) in [5.41, 5.74) is 9.31. The molecule has 32 heavy (non-hydrogen) atoms. The van der Waals surface area contributed by atoms with E-state index in [0.717, 1.165) is 23.2 Å². The van der Waals surface area contributed by atoms with Crippen LogP contribution in [0.3, 0.4) is 0 Å². The SMILES string of the molecule is COC1C=CC(C2[C@@H](CCC(O)c3ccc(F)cc3)C(=O)N2c2ccc(CN)cc2)=CC1. The van der Waals surface area contributed by atoms with Crippen molar-refractivity contribution in [3.05, 3.63) is 89.3 Å². The highest BCUT2D eigenvalue weighted by Crippen LogP contribution is 2.41. The van der Waals surface area contributed by atoms with Crippen molar-refractivity contribution in [2.45, 2.75) is 44.1 Å². The predicted octanol–water partition coefficient (Wildman–Crippen LogP) is 4.03. The van der Waals surface area contributed by atoms with Gasteiger partial charge < -0.3 is 20.5 Å². The minimum absolute atomic E-state index is 0.0463. The van der Waals surface area contributed by atoms with Gasteiger partial charge in [0.15, 0.2) is 0 Å². The van der Waals surface area contributed by atoms with Gasteiger partial charge in [0.1, 0.15) is 5.82 Å². The second-order valence-corrected chi connectivity index (χ2v) is 8.35. The van der Waals surface area contributed by atoms with E-state index in [0.29, 0.717) is 24.9 Å². The molecule has 4 rings (SSSR count). The molecule has 5 nitrogen and oxygen atoms in total. The van der Waals surface area contributed by atoms with Crippen LogP contribution in [0.5, 0.6) is 0 Å². The van der Waals surface area contributed by atoms with Crippen LogP contribution in [0, 0.1) is 11.7 Å². The Morgan fingerprint density at radius 1 is 1.19 bits per heavy atom. The van der Waals surface area contributed by atoms with Crippen LogP contribution in [0.2, 0.25) is 0 Å². The Morgan fingerprint density at radius 3 is 2.50 bits per heavy atom. The summed E-state index contributed by atoms with van der Waals surface area (Å²) < 4.78 is 18.6. The number of carbonyl (C=O) groups is 1. The number of amides is 1. The van der Waals surface area contributed by atoms with Gasteiger partial charge in [0.05, 0.1) is 24.2 Å². The number of nitrogens with two attached hydrogens (primary N) is 1. The topological polar surface area (TPSA) is 75.8 Å². The van der Waals surface area contributed by atoms with Crippen LogP contribution in [-0.4, -0.2) is 30.3 Å². The monoisotopic (exact) mass is 436 g/mol. The Morgan fingerprint density at radius 2 is 1.91 bits per heavy atom. The Bertz CT molecular complexity index is 1000. The zero-order valence-electron chi connectivity index (χ0n) is 18.2. The lowest BCUT2D eigenvalue weighted by Gasteiger charge is -2.48. The number of aliphatic hydroxyl groups is 1. The number of rotatable bonds is 8. The molecule has 0 aromatic heterocycles. The third-order valence-corrected chi connectivity index (χ3v) is 6.40. The van der Waals surface area contributed by atoms with Gasteiger partial charge in [0.2, 0.25) is 5.91 Å². The lowest BCUT2D eigenvalue weighted by atomic mass is 9.76. The summed E-state index contributed by atoms with van der Waals surface area (Å²) in [4.78, 5) is 15.0. The lowest BCUT2D eigenvalue weighted by Crippen LogP contribution is -2.62. The molecule has 0 saturated carbocycles. The molecular formula is C26H29FN2O3. The van der Waals surface area contributed by atoms with E-state index in [-0.39, 0.29) is 29.8 Å². The largest absolute Gasteiger partial charge is 0.388 e. The molecule has 1 aliphatic heterocycles. The minimum Gasteiger partial charge on any atom is -0.388 e. The van der Waals surface area contributed by atoms with Gasteiger partial charge in [-0.2, -0.15) is 0 Å². The molecule has 2 aromatic rings. The normalized spacial score (nSPS) is 23.6. The number of hydrogen-bond donors (Lipinski definition) is 2. The van der Waals surface area contributed by atoms with E-state index in [4.69, 9.17) is 10.5 Å². The van der Waals surface area contributed by atoms with Crippen molar-refractivity contribution >= 4 is 11.6 Å². The predicted molar refractivity (Wildman–Crippen MR) is 122 cm³/mol. The van der Waals surface area contributed by atoms with E-state index >= 15 is 0 Å². The molecule has 1 fully saturated rings. The number of carbonyl (C=O) groups excluding carboxylic acids is 1. The van der Waals surface area contributed by atoms with Crippen LogP contribution >= 0.6 is 0 Å². The van der Waals surface area contributed by atoms with Crippen LogP contribution in [0.15, 0.2) is 72.3 Å². The lowest BCUT2D eigenvalue weighted by molar-refractivity contribution is -0.129. The molecule has 3 unspecified atom stereocenters. The highest BCUT2D eigenvalue weighted by atomic mass is 19.1. The number of methoxy groups -OCH3 is 1. The summed E-state index contributed by atoms with van der Waals surface area (Å²) in [5.74, 6) is -0.517. The number of β-lactam (4-membered cyclic amide) rings is 1. The quantitative estimate of drug-likeness (QED) is 0.613. The van der Waals surface area contributed by atoms with E-state index in [9.17, 15) is 14.3 Å². The molecule has 6 heteroatoms. The fourth-order valence-corrected chi connectivity index (χ4v) is 4.49. The molecule has 1 amide bonds. The number of aliphatic hydroxyl groups excluding tert-OH is 1. The Hall–Kier alpha value is -2.80. The van der Waals surface area contributed by atoms with E-state index < -0.39 is 6.10 Å². The summed E-state index contributed by atoms with van der Waals surface area (Å²) in [6, 6.07) is 13.5. The van der Waals surface area contributed by atoms with Crippen LogP contribution in [-0.2, 0) is 16.1 Å². The number of halogens is 1. The van der Waals surface area contributed by atoms with Gasteiger partial charge >= 0.3 is 0 Å². The summed E-state index contributed by atoms with van der Waals surface area (Å²) >= 11 is 0. The van der Waals surface area contributed by atoms with Crippen LogP contribution < -0.4 is 10.6 Å². The smallest absolute Gasteiger partial charge is 0.233 e. The first-order valence-corrected chi connectivity index (χ1v) is 11.0. The summed E-state index contributed by atoms with van der Waals surface area (Å²) in [6.45, 7) is 0.452. The molecule has 2 aromatic carbocycles. The van der Waals surface area contributed by atoms with Gasteiger partial charge in [0, 0.05) is 19.3 Å². The van der Waals surface area contributed by atoms with Crippen molar-refractivity contribution in [2.24, 2.45) is 11.7 Å². The molecule has 2 aliphatic rings. The Balaban J connectivity index is 1.52. The zero-order chi connectivity index (χ0) is 22.7. The van der Waals surface area contributed by atoms with Crippen LogP contribution in [0.1, 0.15) is 36.5 Å². The van der Waals surface area contributed by atoms with Crippen LogP contribution in [0.25, 0.3) is 0 Å². The molecule has 1 heterocycles. The van der Waals surface area contributed by atoms with Crippen molar-refractivity contribution in [1.29, 1.82) is 0 Å². The van der Waals surface area contributed by atoms with E-state index in [1.54, 1.807) is 19.2 Å². The number of nitrogens with zero attached hydrogens (tertiary/aromatic N) is 1. The first-order chi connectivity index (χ1) is 15.5. The number of anilines is 1. The van der Waals surface area contributed by atoms with Gasteiger partial charge in [-0.15, -0.1) is 0 Å². The molecule has 0 radical (unpaired) electrons. The second kappa shape index (κ2) is 9.77. The summed E-state index contributed by atoms with van der Waals surface area (Å²) in [6.07, 6.45) is 7.24. The molecule has 1 saturated heterocycles. The maximum Gasteiger partial charge on any atom is 0.233 e. The molecule has 1 aliphatic carbocycles.